The van der Waals surface area contributed by atoms with E-state index in [1.807, 2.05) is 30.3 Å². The fourth-order valence-corrected chi connectivity index (χ4v) is 1.48. The van der Waals surface area contributed by atoms with E-state index in [4.69, 9.17) is 10.5 Å². The van der Waals surface area contributed by atoms with Gasteiger partial charge in [0.2, 0.25) is 0 Å². The number of ether oxygens (including phenoxy) is 1. The molecule has 0 aliphatic heterocycles. The Bertz CT molecular complexity index is 538. The fraction of sp³-hybridized carbons (Fsp3) is 0.167. The van der Waals surface area contributed by atoms with Gasteiger partial charge in [-0.15, -0.1) is 0 Å². The molecule has 1 aromatic heterocycles. The molecular weight excluding hydrogens is 204 g/mol. The molecule has 2 rings (SSSR count). The quantitative estimate of drug-likeness (QED) is 0.615. The zero-order valence-corrected chi connectivity index (χ0v) is 8.93. The van der Waals surface area contributed by atoms with E-state index < -0.39 is 0 Å². The van der Waals surface area contributed by atoms with Gasteiger partial charge in [0.15, 0.2) is 0 Å². The van der Waals surface area contributed by atoms with Gasteiger partial charge in [0.25, 0.3) is 0 Å². The molecule has 0 spiro atoms. The Balaban J connectivity index is 2.33. The molecule has 0 fully saturated rings. The van der Waals surface area contributed by atoms with Crippen molar-refractivity contribution in [2.45, 2.75) is 13.5 Å². The molecule has 0 bridgehead atoms. The van der Waals surface area contributed by atoms with Crippen LogP contribution in [0.3, 0.4) is 0 Å². The van der Waals surface area contributed by atoms with Crippen LogP contribution in [0, 0.1) is 0 Å². The van der Waals surface area contributed by atoms with E-state index in [1.54, 1.807) is 0 Å². The third kappa shape index (κ3) is 2.11. The summed E-state index contributed by atoms with van der Waals surface area (Å²) in [4.78, 5) is 15.0. The molecule has 1 heterocycles. The van der Waals surface area contributed by atoms with Crippen molar-refractivity contribution < 1.29 is 9.53 Å². The van der Waals surface area contributed by atoms with Gasteiger partial charge in [-0.05, 0) is 24.3 Å². The van der Waals surface area contributed by atoms with Gasteiger partial charge in [-0.25, -0.2) is 4.98 Å². The van der Waals surface area contributed by atoms with Crippen molar-refractivity contribution in [2.24, 2.45) is 0 Å². The van der Waals surface area contributed by atoms with Crippen molar-refractivity contribution >= 4 is 22.6 Å². The summed E-state index contributed by atoms with van der Waals surface area (Å²) in [7, 11) is 0. The Kier molecular flexibility index (Phi) is 2.72. The van der Waals surface area contributed by atoms with Crippen LogP contribution in [0.5, 0.6) is 0 Å². The van der Waals surface area contributed by atoms with Gasteiger partial charge in [0.05, 0.1) is 11.2 Å². The number of aromatic nitrogens is 1. The van der Waals surface area contributed by atoms with Crippen molar-refractivity contribution in [1.82, 2.24) is 4.98 Å². The number of hydrogen-bond donors (Lipinski definition) is 1. The first-order valence-corrected chi connectivity index (χ1v) is 4.94. The van der Waals surface area contributed by atoms with E-state index >= 15 is 0 Å². The second kappa shape index (κ2) is 4.18. The van der Waals surface area contributed by atoms with Gasteiger partial charge in [-0.1, -0.05) is 6.07 Å². The van der Waals surface area contributed by atoms with Crippen LogP contribution in [0.4, 0.5) is 5.69 Å². The van der Waals surface area contributed by atoms with E-state index in [0.717, 1.165) is 10.9 Å². The summed E-state index contributed by atoms with van der Waals surface area (Å²) in [6, 6.07) is 9.25. The molecule has 4 nitrogen and oxygen atoms in total. The highest BCUT2D eigenvalue weighted by Crippen LogP contribution is 2.19. The number of pyridine rings is 1. The van der Waals surface area contributed by atoms with Crippen molar-refractivity contribution in [1.29, 1.82) is 0 Å². The number of nitrogen functional groups attached to an aromatic ring is 1. The molecule has 0 aliphatic carbocycles. The molecule has 2 N–H and O–H groups in total. The first-order valence-electron chi connectivity index (χ1n) is 4.94. The molecule has 16 heavy (non-hydrogen) atoms. The lowest BCUT2D eigenvalue weighted by molar-refractivity contribution is -0.142. The zero-order chi connectivity index (χ0) is 11.5. The third-order valence-electron chi connectivity index (χ3n) is 2.25. The third-order valence-corrected chi connectivity index (χ3v) is 2.25. The average molecular weight is 216 g/mol. The maximum Gasteiger partial charge on any atom is 0.303 e. The number of benzene rings is 1. The number of carbonyl (C=O) groups excluding carboxylic acids is 1. The number of fused-ring (bicyclic) bond motifs is 1. The van der Waals surface area contributed by atoms with Gasteiger partial charge in [-0.3, -0.25) is 4.79 Å². The van der Waals surface area contributed by atoms with Crippen LogP contribution in [0.25, 0.3) is 10.9 Å². The Morgan fingerprint density at radius 3 is 2.94 bits per heavy atom. The first kappa shape index (κ1) is 10.4. The average Bonchev–Trinajstić information content (AvgIpc) is 2.26. The Morgan fingerprint density at radius 1 is 1.38 bits per heavy atom. The summed E-state index contributed by atoms with van der Waals surface area (Å²) < 4.78 is 4.87. The van der Waals surface area contributed by atoms with Crippen LogP contribution < -0.4 is 5.73 Å². The van der Waals surface area contributed by atoms with Crippen LogP contribution in [-0.4, -0.2) is 11.0 Å². The maximum atomic E-state index is 10.7. The monoisotopic (exact) mass is 216 g/mol. The smallest absolute Gasteiger partial charge is 0.303 e. The minimum absolute atomic E-state index is 0.195. The highest BCUT2D eigenvalue weighted by atomic mass is 16.5. The Hall–Kier alpha value is -2.10. The molecule has 0 saturated carbocycles. The Morgan fingerprint density at radius 2 is 2.19 bits per heavy atom. The van der Waals surface area contributed by atoms with E-state index in [9.17, 15) is 4.79 Å². The highest BCUT2D eigenvalue weighted by Gasteiger charge is 2.02. The van der Waals surface area contributed by atoms with Crippen molar-refractivity contribution in [3.8, 4) is 0 Å². The summed E-state index contributed by atoms with van der Waals surface area (Å²) in [5.41, 5.74) is 8.03. The van der Waals surface area contributed by atoms with Crippen molar-refractivity contribution in [3.05, 3.63) is 36.0 Å². The predicted octanol–water partition coefficient (Wildman–Crippen LogP) is 1.88. The molecule has 82 valence electrons. The fourth-order valence-electron chi connectivity index (χ4n) is 1.48. The lowest BCUT2D eigenvalue weighted by Crippen LogP contribution is -2.01. The molecule has 0 amide bonds. The normalized spacial score (nSPS) is 10.3. The van der Waals surface area contributed by atoms with E-state index in [0.29, 0.717) is 11.4 Å². The minimum Gasteiger partial charge on any atom is -0.459 e. The summed E-state index contributed by atoms with van der Waals surface area (Å²) in [5.74, 6) is -0.311. The number of nitrogens with zero attached hydrogens (tertiary/aromatic N) is 1. The lowest BCUT2D eigenvalue weighted by Gasteiger charge is -2.04. The van der Waals surface area contributed by atoms with Crippen LogP contribution in [0.2, 0.25) is 0 Å². The molecule has 0 aliphatic rings. The zero-order valence-electron chi connectivity index (χ0n) is 8.93. The van der Waals surface area contributed by atoms with Crippen LogP contribution in [0.1, 0.15) is 12.6 Å². The topological polar surface area (TPSA) is 65.2 Å². The SMILES string of the molecule is CC(=O)OCc1ccc2c(N)cccc2n1. The second-order valence-electron chi connectivity index (χ2n) is 3.50. The van der Waals surface area contributed by atoms with Crippen LogP contribution >= 0.6 is 0 Å². The molecule has 0 atom stereocenters. The van der Waals surface area contributed by atoms with Crippen LogP contribution in [-0.2, 0) is 16.1 Å². The number of anilines is 1. The number of esters is 1. The summed E-state index contributed by atoms with van der Waals surface area (Å²) in [6.07, 6.45) is 0. The molecule has 0 unspecified atom stereocenters. The maximum absolute atomic E-state index is 10.7. The largest absolute Gasteiger partial charge is 0.459 e. The first-order chi connectivity index (χ1) is 7.66. The van der Waals surface area contributed by atoms with Gasteiger partial charge in [0.1, 0.15) is 6.61 Å². The predicted molar refractivity (Wildman–Crippen MR) is 61.6 cm³/mol. The van der Waals surface area contributed by atoms with Gasteiger partial charge in [-0.2, -0.15) is 0 Å². The summed E-state index contributed by atoms with van der Waals surface area (Å²) in [5, 5.41) is 0.911. The van der Waals surface area contributed by atoms with Crippen molar-refractivity contribution in [2.75, 3.05) is 5.73 Å². The van der Waals surface area contributed by atoms with Gasteiger partial charge >= 0.3 is 5.97 Å². The number of nitrogens with two attached hydrogens (primary N) is 1. The summed E-state index contributed by atoms with van der Waals surface area (Å²) in [6.45, 7) is 1.57. The van der Waals surface area contributed by atoms with Crippen LogP contribution in [0.15, 0.2) is 30.3 Å². The summed E-state index contributed by atoms with van der Waals surface area (Å²) >= 11 is 0. The molecule has 2 aromatic rings. The van der Waals surface area contributed by atoms with E-state index in [1.165, 1.54) is 6.92 Å². The molecular formula is C12H12N2O2. The van der Waals surface area contributed by atoms with E-state index in [2.05, 4.69) is 4.98 Å². The van der Waals surface area contributed by atoms with Gasteiger partial charge in [0, 0.05) is 18.0 Å². The lowest BCUT2D eigenvalue weighted by atomic mass is 10.1. The Labute approximate surface area is 93.0 Å². The second-order valence-corrected chi connectivity index (χ2v) is 3.50. The number of carbonyl (C=O) groups is 1. The molecule has 0 radical (unpaired) electrons. The molecule has 0 saturated heterocycles. The molecule has 4 heteroatoms. The standard InChI is InChI=1S/C12H12N2O2/c1-8(15)16-7-9-5-6-10-11(13)3-2-4-12(10)14-9/h2-6H,7,13H2,1H3. The van der Waals surface area contributed by atoms with Crippen molar-refractivity contribution in [3.63, 3.8) is 0 Å². The minimum atomic E-state index is -0.311. The van der Waals surface area contributed by atoms with E-state index in [-0.39, 0.29) is 12.6 Å². The highest BCUT2D eigenvalue weighted by molar-refractivity contribution is 5.90. The number of hydrogen-bond acceptors (Lipinski definition) is 4. The van der Waals surface area contributed by atoms with Gasteiger partial charge < -0.3 is 10.5 Å². The number of rotatable bonds is 2. The molecule has 1 aromatic carbocycles.